The van der Waals surface area contributed by atoms with Crippen molar-refractivity contribution < 1.29 is 0 Å². The van der Waals surface area contributed by atoms with E-state index in [1.54, 1.807) is 10.8 Å². The highest BCUT2D eigenvalue weighted by atomic mass is 16.1. The molecule has 3 rings (SSSR count). The molecule has 0 bridgehead atoms. The number of aromatic nitrogens is 2. The first-order valence-corrected chi connectivity index (χ1v) is 6.04. The topological polar surface area (TPSA) is 34.9 Å². The Bertz CT molecular complexity index is 733. The molecule has 0 unspecified atom stereocenters. The van der Waals surface area contributed by atoms with Gasteiger partial charge in [0.05, 0.1) is 11.9 Å². The number of benzene rings is 2. The van der Waals surface area contributed by atoms with Crippen LogP contribution >= 0.6 is 0 Å². The second-order valence-electron chi connectivity index (χ2n) is 4.18. The maximum atomic E-state index is 11.9. The Morgan fingerprint density at radius 1 is 0.842 bits per heavy atom. The van der Waals surface area contributed by atoms with Crippen LogP contribution in [-0.4, -0.2) is 9.55 Å². The fourth-order valence-corrected chi connectivity index (χ4v) is 1.95. The minimum atomic E-state index is -0.133. The Morgan fingerprint density at radius 2 is 1.47 bits per heavy atom. The summed E-state index contributed by atoms with van der Waals surface area (Å²) in [5.74, 6) is 0. The first-order chi connectivity index (χ1) is 9.34. The van der Waals surface area contributed by atoms with E-state index in [9.17, 15) is 4.79 Å². The van der Waals surface area contributed by atoms with Gasteiger partial charge in [0, 0.05) is 17.4 Å². The van der Waals surface area contributed by atoms with Gasteiger partial charge in [-0.05, 0) is 12.1 Å². The lowest BCUT2D eigenvalue weighted by Gasteiger charge is -2.07. The summed E-state index contributed by atoms with van der Waals surface area (Å²) < 4.78 is 1.61. The summed E-state index contributed by atoms with van der Waals surface area (Å²) in [5.41, 5.74) is 2.48. The van der Waals surface area contributed by atoms with Crippen molar-refractivity contribution in [2.24, 2.45) is 0 Å². The SMILES string of the molecule is O=c1cnc(-c2ccccc2)cn1-c1ccccc1. The Morgan fingerprint density at radius 3 is 2.16 bits per heavy atom. The van der Waals surface area contributed by atoms with Crippen LogP contribution in [0.1, 0.15) is 0 Å². The molecule has 0 aliphatic heterocycles. The van der Waals surface area contributed by atoms with Crippen LogP contribution in [0.15, 0.2) is 77.9 Å². The summed E-state index contributed by atoms with van der Waals surface area (Å²) in [6, 6.07) is 19.3. The lowest BCUT2D eigenvalue weighted by Crippen LogP contribution is -2.17. The first kappa shape index (κ1) is 11.4. The quantitative estimate of drug-likeness (QED) is 0.699. The third-order valence-corrected chi connectivity index (χ3v) is 2.91. The van der Waals surface area contributed by atoms with E-state index in [2.05, 4.69) is 4.98 Å². The van der Waals surface area contributed by atoms with Gasteiger partial charge >= 0.3 is 0 Å². The molecule has 0 fully saturated rings. The van der Waals surface area contributed by atoms with E-state index in [0.29, 0.717) is 0 Å². The fraction of sp³-hybridized carbons (Fsp3) is 0. The maximum absolute atomic E-state index is 11.9. The van der Waals surface area contributed by atoms with E-state index in [-0.39, 0.29) is 5.56 Å². The Hall–Kier alpha value is -2.68. The van der Waals surface area contributed by atoms with Crippen molar-refractivity contribution in [1.82, 2.24) is 9.55 Å². The molecule has 0 saturated carbocycles. The summed E-state index contributed by atoms with van der Waals surface area (Å²) in [4.78, 5) is 16.1. The van der Waals surface area contributed by atoms with E-state index in [1.165, 1.54) is 6.20 Å². The standard InChI is InChI=1S/C16H12N2O/c19-16-11-17-15(13-7-3-1-4-8-13)12-18(16)14-9-5-2-6-10-14/h1-12H. The summed E-state index contributed by atoms with van der Waals surface area (Å²) in [6.45, 7) is 0. The highest BCUT2D eigenvalue weighted by Gasteiger charge is 2.03. The number of nitrogens with zero attached hydrogens (tertiary/aromatic N) is 2. The third kappa shape index (κ3) is 2.31. The van der Waals surface area contributed by atoms with Gasteiger partial charge < -0.3 is 0 Å². The molecule has 0 spiro atoms. The highest BCUT2D eigenvalue weighted by molar-refractivity contribution is 5.58. The molecule has 0 amide bonds. The molecule has 0 aliphatic rings. The molecule has 92 valence electrons. The van der Waals surface area contributed by atoms with Crippen molar-refractivity contribution in [3.63, 3.8) is 0 Å². The normalized spacial score (nSPS) is 10.3. The van der Waals surface area contributed by atoms with Crippen LogP contribution < -0.4 is 5.56 Å². The van der Waals surface area contributed by atoms with Crippen LogP contribution in [-0.2, 0) is 0 Å². The van der Waals surface area contributed by atoms with Gasteiger partial charge in [0.1, 0.15) is 0 Å². The predicted octanol–water partition coefficient (Wildman–Crippen LogP) is 2.90. The van der Waals surface area contributed by atoms with Gasteiger partial charge in [0.15, 0.2) is 0 Å². The predicted molar refractivity (Wildman–Crippen MR) is 75.3 cm³/mol. The molecular weight excluding hydrogens is 236 g/mol. The summed E-state index contributed by atoms with van der Waals surface area (Å²) in [6.07, 6.45) is 3.13. The van der Waals surface area contributed by atoms with Crippen molar-refractivity contribution in [3.8, 4) is 16.9 Å². The van der Waals surface area contributed by atoms with E-state index in [1.807, 2.05) is 60.7 Å². The second kappa shape index (κ2) is 4.90. The average molecular weight is 248 g/mol. The molecule has 3 heteroatoms. The first-order valence-electron chi connectivity index (χ1n) is 6.04. The van der Waals surface area contributed by atoms with Gasteiger partial charge in [-0.2, -0.15) is 0 Å². The molecule has 2 aromatic carbocycles. The molecule has 3 aromatic rings. The zero-order valence-corrected chi connectivity index (χ0v) is 10.2. The van der Waals surface area contributed by atoms with E-state index in [4.69, 9.17) is 0 Å². The van der Waals surface area contributed by atoms with Crippen molar-refractivity contribution >= 4 is 0 Å². The fourth-order valence-electron chi connectivity index (χ4n) is 1.95. The molecule has 19 heavy (non-hydrogen) atoms. The monoisotopic (exact) mass is 248 g/mol. The van der Waals surface area contributed by atoms with Gasteiger partial charge in [-0.25, -0.2) is 4.98 Å². The van der Waals surface area contributed by atoms with E-state index < -0.39 is 0 Å². The molecule has 1 aromatic heterocycles. The number of hydrogen-bond donors (Lipinski definition) is 0. The summed E-state index contributed by atoms with van der Waals surface area (Å²) in [5, 5.41) is 0. The molecule has 1 heterocycles. The van der Waals surface area contributed by atoms with Crippen LogP contribution in [0.3, 0.4) is 0 Å². The molecule has 0 saturated heterocycles. The summed E-state index contributed by atoms with van der Waals surface area (Å²) in [7, 11) is 0. The smallest absolute Gasteiger partial charge is 0.273 e. The average Bonchev–Trinajstić information content (AvgIpc) is 2.49. The van der Waals surface area contributed by atoms with Gasteiger partial charge in [-0.15, -0.1) is 0 Å². The van der Waals surface area contributed by atoms with Crippen LogP contribution in [0.4, 0.5) is 0 Å². The zero-order chi connectivity index (χ0) is 13.1. The summed E-state index contributed by atoms with van der Waals surface area (Å²) >= 11 is 0. The van der Waals surface area contributed by atoms with Crippen LogP contribution in [0.2, 0.25) is 0 Å². The van der Waals surface area contributed by atoms with Crippen molar-refractivity contribution in [1.29, 1.82) is 0 Å². The molecule has 0 radical (unpaired) electrons. The maximum Gasteiger partial charge on any atom is 0.273 e. The molecular formula is C16H12N2O. The minimum absolute atomic E-state index is 0.133. The number of para-hydroxylation sites is 1. The largest absolute Gasteiger partial charge is 0.281 e. The van der Waals surface area contributed by atoms with Crippen molar-refractivity contribution in [2.45, 2.75) is 0 Å². The molecule has 0 aliphatic carbocycles. The van der Waals surface area contributed by atoms with Gasteiger partial charge in [-0.3, -0.25) is 9.36 Å². The Labute approximate surface area is 110 Å². The van der Waals surface area contributed by atoms with Crippen LogP contribution in [0, 0.1) is 0 Å². The second-order valence-corrected chi connectivity index (χ2v) is 4.18. The highest BCUT2D eigenvalue weighted by Crippen LogP contribution is 2.15. The number of rotatable bonds is 2. The van der Waals surface area contributed by atoms with Crippen LogP contribution in [0.5, 0.6) is 0 Å². The van der Waals surface area contributed by atoms with Crippen molar-refractivity contribution in [3.05, 3.63) is 83.4 Å². The zero-order valence-electron chi connectivity index (χ0n) is 10.2. The molecule has 0 N–H and O–H groups in total. The lowest BCUT2D eigenvalue weighted by molar-refractivity contribution is 0.960. The third-order valence-electron chi connectivity index (χ3n) is 2.91. The van der Waals surface area contributed by atoms with Gasteiger partial charge in [0.25, 0.3) is 5.56 Å². The lowest BCUT2D eigenvalue weighted by atomic mass is 10.1. The Balaban J connectivity index is 2.15. The van der Waals surface area contributed by atoms with Gasteiger partial charge in [-0.1, -0.05) is 48.5 Å². The van der Waals surface area contributed by atoms with E-state index in [0.717, 1.165) is 16.9 Å². The van der Waals surface area contributed by atoms with E-state index >= 15 is 0 Å². The Kier molecular flexibility index (Phi) is 2.94. The molecule has 3 nitrogen and oxygen atoms in total. The van der Waals surface area contributed by atoms with Crippen molar-refractivity contribution in [2.75, 3.05) is 0 Å². The minimum Gasteiger partial charge on any atom is -0.281 e. The van der Waals surface area contributed by atoms with Gasteiger partial charge in [0.2, 0.25) is 0 Å². The molecule has 0 atom stereocenters. The number of hydrogen-bond acceptors (Lipinski definition) is 2. The van der Waals surface area contributed by atoms with Crippen LogP contribution in [0.25, 0.3) is 16.9 Å².